The van der Waals surface area contributed by atoms with Crippen molar-refractivity contribution in [1.29, 1.82) is 0 Å². The quantitative estimate of drug-likeness (QED) is 0.552. The third-order valence-corrected chi connectivity index (χ3v) is 4.06. The number of halogens is 1. The lowest BCUT2D eigenvalue weighted by atomic mass is 10.2. The van der Waals surface area contributed by atoms with Crippen LogP contribution in [-0.4, -0.2) is 29.7 Å². The van der Waals surface area contributed by atoms with E-state index in [0.717, 1.165) is 11.4 Å². The molecule has 0 aliphatic carbocycles. The van der Waals surface area contributed by atoms with Gasteiger partial charge in [-0.1, -0.05) is 11.6 Å². The molecule has 0 saturated carbocycles. The molecule has 3 rings (SSSR count). The highest BCUT2D eigenvalue weighted by atomic mass is 35.5. The zero-order valence-corrected chi connectivity index (χ0v) is 16.2. The van der Waals surface area contributed by atoms with E-state index in [9.17, 15) is 4.79 Å². The Morgan fingerprint density at radius 1 is 1.11 bits per heavy atom. The summed E-state index contributed by atoms with van der Waals surface area (Å²) in [5.41, 5.74) is 1.75. The lowest BCUT2D eigenvalue weighted by Gasteiger charge is -2.11. The molecule has 0 spiro atoms. The molecule has 1 heterocycles. The highest BCUT2D eigenvalue weighted by Gasteiger charge is 2.10. The van der Waals surface area contributed by atoms with E-state index in [1.807, 2.05) is 31.2 Å². The average molecular weight is 399 g/mol. The number of nitrogens with zero attached hydrogens (tertiary/aromatic N) is 2. The molecule has 2 N–H and O–H groups in total. The Labute approximate surface area is 167 Å². The van der Waals surface area contributed by atoms with Gasteiger partial charge in [-0.05, 0) is 55.5 Å². The van der Waals surface area contributed by atoms with Crippen molar-refractivity contribution < 1.29 is 14.3 Å². The smallest absolute Gasteiger partial charge is 0.337 e. The molecule has 0 aliphatic heterocycles. The van der Waals surface area contributed by atoms with Crippen LogP contribution in [0.4, 0.5) is 23.1 Å². The average Bonchev–Trinajstić information content (AvgIpc) is 2.71. The molecule has 0 aliphatic rings. The first-order valence-corrected chi connectivity index (χ1v) is 8.94. The van der Waals surface area contributed by atoms with Crippen molar-refractivity contribution in [3.05, 3.63) is 65.3 Å². The Hall–Kier alpha value is -3.32. The topological polar surface area (TPSA) is 85.4 Å². The normalized spacial score (nSPS) is 10.2. The number of hydrogen-bond acceptors (Lipinski definition) is 7. The molecule has 3 aromatic rings. The molecule has 0 unspecified atom stereocenters. The van der Waals surface area contributed by atoms with Gasteiger partial charge in [0.05, 0.1) is 30.0 Å². The molecule has 8 heteroatoms. The van der Waals surface area contributed by atoms with Crippen LogP contribution in [-0.2, 0) is 4.74 Å². The number of anilines is 4. The molecular weight excluding hydrogens is 380 g/mol. The van der Waals surface area contributed by atoms with E-state index < -0.39 is 5.97 Å². The Morgan fingerprint density at radius 3 is 2.61 bits per heavy atom. The maximum Gasteiger partial charge on any atom is 0.337 e. The highest BCUT2D eigenvalue weighted by Crippen LogP contribution is 2.27. The Balaban J connectivity index is 1.75. The number of carbonyl (C=O) groups excluding carboxylic acids is 1. The molecule has 28 heavy (non-hydrogen) atoms. The van der Waals surface area contributed by atoms with Gasteiger partial charge in [0, 0.05) is 11.9 Å². The molecule has 0 fully saturated rings. The first-order valence-electron chi connectivity index (χ1n) is 8.57. The van der Waals surface area contributed by atoms with Gasteiger partial charge in [0.15, 0.2) is 0 Å². The lowest BCUT2D eigenvalue weighted by molar-refractivity contribution is 0.0601. The SMILES string of the molecule is CCOc1ccc(Nc2nccc(Nc3cc(C(=O)OC)ccc3Cl)n2)cc1. The van der Waals surface area contributed by atoms with Crippen molar-refractivity contribution in [2.45, 2.75) is 6.92 Å². The number of hydrogen-bond donors (Lipinski definition) is 2. The minimum atomic E-state index is -0.444. The van der Waals surface area contributed by atoms with Gasteiger partial charge < -0.3 is 20.1 Å². The summed E-state index contributed by atoms with van der Waals surface area (Å²) in [6.07, 6.45) is 1.62. The number of ether oxygens (including phenoxy) is 2. The number of nitrogens with one attached hydrogen (secondary N) is 2. The van der Waals surface area contributed by atoms with Crippen LogP contribution < -0.4 is 15.4 Å². The number of methoxy groups -OCH3 is 1. The van der Waals surface area contributed by atoms with E-state index in [1.54, 1.807) is 30.5 Å². The fourth-order valence-corrected chi connectivity index (χ4v) is 2.59. The summed E-state index contributed by atoms with van der Waals surface area (Å²) in [5, 5.41) is 6.67. The maximum absolute atomic E-state index is 11.7. The van der Waals surface area contributed by atoms with Crippen molar-refractivity contribution >= 4 is 40.7 Å². The van der Waals surface area contributed by atoms with Gasteiger partial charge in [-0.3, -0.25) is 0 Å². The van der Waals surface area contributed by atoms with Crippen LogP contribution in [0.3, 0.4) is 0 Å². The number of aromatic nitrogens is 2. The summed E-state index contributed by atoms with van der Waals surface area (Å²) in [7, 11) is 1.33. The molecule has 0 atom stereocenters. The van der Waals surface area contributed by atoms with Crippen LogP contribution in [0.1, 0.15) is 17.3 Å². The van der Waals surface area contributed by atoms with Crippen LogP contribution in [0, 0.1) is 0 Å². The van der Waals surface area contributed by atoms with E-state index in [4.69, 9.17) is 21.1 Å². The second kappa shape index (κ2) is 9.05. The van der Waals surface area contributed by atoms with Crippen molar-refractivity contribution in [3.63, 3.8) is 0 Å². The zero-order valence-electron chi connectivity index (χ0n) is 15.4. The van der Waals surface area contributed by atoms with Gasteiger partial charge in [-0.15, -0.1) is 0 Å². The number of rotatable bonds is 7. The van der Waals surface area contributed by atoms with E-state index in [1.165, 1.54) is 7.11 Å². The first kappa shape index (κ1) is 19.4. The minimum Gasteiger partial charge on any atom is -0.494 e. The van der Waals surface area contributed by atoms with E-state index in [-0.39, 0.29) is 0 Å². The number of carbonyl (C=O) groups is 1. The third-order valence-electron chi connectivity index (χ3n) is 3.73. The predicted molar refractivity (Wildman–Crippen MR) is 109 cm³/mol. The fourth-order valence-electron chi connectivity index (χ4n) is 2.42. The Kier molecular flexibility index (Phi) is 6.29. The summed E-state index contributed by atoms with van der Waals surface area (Å²) in [4.78, 5) is 20.3. The van der Waals surface area contributed by atoms with Gasteiger partial charge in [0.25, 0.3) is 0 Å². The van der Waals surface area contributed by atoms with Crippen molar-refractivity contribution in [2.75, 3.05) is 24.4 Å². The molecule has 0 radical (unpaired) electrons. The predicted octanol–water partition coefficient (Wildman–Crippen LogP) is 4.80. The molecular formula is C20H19ClN4O3. The molecule has 2 aromatic carbocycles. The largest absolute Gasteiger partial charge is 0.494 e. The van der Waals surface area contributed by atoms with Crippen molar-refractivity contribution in [3.8, 4) is 5.75 Å². The van der Waals surface area contributed by atoms with Gasteiger partial charge in [-0.25, -0.2) is 9.78 Å². The molecule has 144 valence electrons. The summed E-state index contributed by atoms with van der Waals surface area (Å²) < 4.78 is 10.2. The summed E-state index contributed by atoms with van der Waals surface area (Å²) >= 11 is 6.22. The maximum atomic E-state index is 11.7. The van der Waals surface area contributed by atoms with Crippen LogP contribution in [0.25, 0.3) is 0 Å². The second-order valence-electron chi connectivity index (χ2n) is 5.66. The monoisotopic (exact) mass is 398 g/mol. The molecule has 0 amide bonds. The summed E-state index contributed by atoms with van der Waals surface area (Å²) in [6, 6.07) is 14.0. The van der Waals surface area contributed by atoms with Gasteiger partial charge in [0.1, 0.15) is 11.6 Å². The number of benzene rings is 2. The van der Waals surface area contributed by atoms with E-state index >= 15 is 0 Å². The lowest BCUT2D eigenvalue weighted by Crippen LogP contribution is -2.04. The van der Waals surface area contributed by atoms with Gasteiger partial charge >= 0.3 is 5.97 Å². The van der Waals surface area contributed by atoms with E-state index in [2.05, 4.69) is 20.6 Å². The van der Waals surface area contributed by atoms with Crippen LogP contribution in [0.2, 0.25) is 5.02 Å². The van der Waals surface area contributed by atoms with Crippen LogP contribution >= 0.6 is 11.6 Å². The van der Waals surface area contributed by atoms with Gasteiger partial charge in [-0.2, -0.15) is 4.98 Å². The van der Waals surface area contributed by atoms with Gasteiger partial charge in [0.2, 0.25) is 5.95 Å². The Morgan fingerprint density at radius 2 is 1.89 bits per heavy atom. The first-order chi connectivity index (χ1) is 13.6. The second-order valence-corrected chi connectivity index (χ2v) is 6.07. The van der Waals surface area contributed by atoms with E-state index in [0.29, 0.717) is 34.6 Å². The minimum absolute atomic E-state index is 0.385. The highest BCUT2D eigenvalue weighted by molar-refractivity contribution is 6.33. The molecule has 7 nitrogen and oxygen atoms in total. The zero-order chi connectivity index (χ0) is 19.9. The summed E-state index contributed by atoms with van der Waals surface area (Å²) in [6.45, 7) is 2.55. The molecule has 0 saturated heterocycles. The standard InChI is InChI=1S/C20H19ClN4O3/c1-3-28-15-7-5-14(6-8-15)23-20-22-11-10-18(25-20)24-17-12-13(19(26)27-2)4-9-16(17)21/h4-12H,3H2,1-2H3,(H2,22,23,24,25). The van der Waals surface area contributed by atoms with Crippen LogP contribution in [0.5, 0.6) is 5.75 Å². The fraction of sp³-hybridized carbons (Fsp3) is 0.150. The summed E-state index contributed by atoms with van der Waals surface area (Å²) in [5.74, 6) is 1.28. The van der Waals surface area contributed by atoms with Crippen molar-refractivity contribution in [2.24, 2.45) is 0 Å². The van der Waals surface area contributed by atoms with Crippen LogP contribution in [0.15, 0.2) is 54.7 Å². The molecule has 1 aromatic heterocycles. The van der Waals surface area contributed by atoms with Crippen molar-refractivity contribution in [1.82, 2.24) is 9.97 Å². The number of esters is 1. The Bertz CT molecular complexity index is 964. The third kappa shape index (κ3) is 4.89. The molecule has 0 bridgehead atoms.